The number of hydrogen-bond acceptors (Lipinski definition) is 2. The van der Waals surface area contributed by atoms with Crippen molar-refractivity contribution in [3.63, 3.8) is 0 Å². The maximum absolute atomic E-state index is 12.1. The first kappa shape index (κ1) is 11.8. The fourth-order valence-corrected chi connectivity index (χ4v) is 2.14. The third-order valence-electron chi connectivity index (χ3n) is 2.54. The number of thiocarbonyl (C=S) groups is 1. The van der Waals surface area contributed by atoms with E-state index < -0.39 is 0 Å². The van der Waals surface area contributed by atoms with Gasteiger partial charge in [-0.2, -0.15) is 0 Å². The van der Waals surface area contributed by atoms with Gasteiger partial charge in [-0.3, -0.25) is 9.69 Å². The van der Waals surface area contributed by atoms with Gasteiger partial charge in [-0.15, -0.1) is 0 Å². The molecule has 1 amide bonds. The van der Waals surface area contributed by atoms with Gasteiger partial charge in [0.25, 0.3) is 5.91 Å². The van der Waals surface area contributed by atoms with Gasteiger partial charge in [-0.05, 0) is 37.7 Å². The van der Waals surface area contributed by atoms with E-state index in [0.717, 1.165) is 5.56 Å². The molecule has 2 rings (SSSR count). The van der Waals surface area contributed by atoms with Crippen molar-refractivity contribution >= 4 is 29.3 Å². The van der Waals surface area contributed by atoms with Gasteiger partial charge in [-0.1, -0.05) is 30.3 Å². The van der Waals surface area contributed by atoms with E-state index in [1.807, 2.05) is 50.3 Å². The van der Waals surface area contributed by atoms with Crippen molar-refractivity contribution < 1.29 is 4.79 Å². The fraction of sp³-hybridized carbons (Fsp3) is 0.231. The van der Waals surface area contributed by atoms with E-state index in [-0.39, 0.29) is 11.9 Å². The average Bonchev–Trinajstić information content (AvgIpc) is 2.55. The maximum Gasteiger partial charge on any atom is 0.276 e. The second-order valence-electron chi connectivity index (χ2n) is 4.17. The average molecular weight is 246 g/mol. The predicted molar refractivity (Wildman–Crippen MR) is 72.1 cm³/mol. The van der Waals surface area contributed by atoms with E-state index in [9.17, 15) is 4.79 Å². The van der Waals surface area contributed by atoms with Crippen LogP contribution in [0.3, 0.4) is 0 Å². The summed E-state index contributed by atoms with van der Waals surface area (Å²) in [5, 5.41) is 3.43. The van der Waals surface area contributed by atoms with E-state index in [2.05, 4.69) is 5.32 Å². The lowest BCUT2D eigenvalue weighted by atomic mass is 10.2. The summed E-state index contributed by atoms with van der Waals surface area (Å²) < 4.78 is 0. The molecule has 0 radical (unpaired) electrons. The number of hydrogen-bond donors (Lipinski definition) is 1. The van der Waals surface area contributed by atoms with Gasteiger partial charge < -0.3 is 5.32 Å². The number of rotatable bonds is 2. The minimum atomic E-state index is -0.0612. The zero-order chi connectivity index (χ0) is 12.4. The summed E-state index contributed by atoms with van der Waals surface area (Å²) in [5.74, 6) is -0.0612. The third kappa shape index (κ3) is 2.36. The zero-order valence-electron chi connectivity index (χ0n) is 9.81. The predicted octanol–water partition coefficient (Wildman–Crippen LogP) is 2.15. The number of nitrogens with one attached hydrogen (secondary N) is 1. The SMILES string of the molecule is CC(C)N1C(=O)C(=Cc2ccccc2)NC1=S. The van der Waals surface area contributed by atoms with Crippen molar-refractivity contribution in [2.45, 2.75) is 19.9 Å². The highest BCUT2D eigenvalue weighted by Crippen LogP contribution is 2.16. The van der Waals surface area contributed by atoms with E-state index in [0.29, 0.717) is 10.8 Å². The van der Waals surface area contributed by atoms with E-state index in [1.54, 1.807) is 4.90 Å². The van der Waals surface area contributed by atoms with E-state index >= 15 is 0 Å². The van der Waals surface area contributed by atoms with Gasteiger partial charge in [0.2, 0.25) is 0 Å². The lowest BCUT2D eigenvalue weighted by Crippen LogP contribution is -2.36. The molecular formula is C13H14N2OS. The van der Waals surface area contributed by atoms with Crippen LogP contribution in [0.5, 0.6) is 0 Å². The summed E-state index contributed by atoms with van der Waals surface area (Å²) in [4.78, 5) is 13.7. The van der Waals surface area contributed by atoms with Gasteiger partial charge in [0.15, 0.2) is 5.11 Å². The summed E-state index contributed by atoms with van der Waals surface area (Å²) in [6.07, 6.45) is 1.82. The van der Waals surface area contributed by atoms with E-state index in [4.69, 9.17) is 12.2 Å². The van der Waals surface area contributed by atoms with Crippen LogP contribution in [0.15, 0.2) is 36.0 Å². The molecular weight excluding hydrogens is 232 g/mol. The van der Waals surface area contributed by atoms with Gasteiger partial charge in [-0.25, -0.2) is 0 Å². The molecule has 0 saturated carbocycles. The van der Waals surface area contributed by atoms with Crippen molar-refractivity contribution in [2.24, 2.45) is 0 Å². The van der Waals surface area contributed by atoms with Crippen molar-refractivity contribution in [1.82, 2.24) is 10.2 Å². The number of carbonyl (C=O) groups excluding carboxylic acids is 1. The largest absolute Gasteiger partial charge is 0.328 e. The topological polar surface area (TPSA) is 32.3 Å². The van der Waals surface area contributed by atoms with Crippen LogP contribution >= 0.6 is 12.2 Å². The van der Waals surface area contributed by atoms with Crippen LogP contribution in [0, 0.1) is 0 Å². The molecule has 1 heterocycles. The van der Waals surface area contributed by atoms with Crippen LogP contribution in [0.25, 0.3) is 6.08 Å². The molecule has 1 aliphatic rings. The first-order valence-corrected chi connectivity index (χ1v) is 5.91. The van der Waals surface area contributed by atoms with Crippen LogP contribution in [-0.2, 0) is 4.79 Å². The molecule has 1 aromatic rings. The normalized spacial score (nSPS) is 18.1. The highest BCUT2D eigenvalue weighted by Gasteiger charge is 2.32. The Morgan fingerprint density at radius 2 is 1.94 bits per heavy atom. The Hall–Kier alpha value is -1.68. The Kier molecular flexibility index (Phi) is 3.24. The quantitative estimate of drug-likeness (QED) is 0.641. The molecule has 0 aliphatic carbocycles. The van der Waals surface area contributed by atoms with Crippen LogP contribution in [0.2, 0.25) is 0 Å². The van der Waals surface area contributed by atoms with Crippen LogP contribution in [-0.4, -0.2) is 22.0 Å². The summed E-state index contributed by atoms with van der Waals surface area (Å²) >= 11 is 5.14. The highest BCUT2D eigenvalue weighted by molar-refractivity contribution is 7.80. The van der Waals surface area contributed by atoms with Crippen molar-refractivity contribution in [1.29, 1.82) is 0 Å². The molecule has 88 valence electrons. The number of amides is 1. The summed E-state index contributed by atoms with van der Waals surface area (Å²) in [6.45, 7) is 3.88. The van der Waals surface area contributed by atoms with Gasteiger partial charge in [0.1, 0.15) is 5.70 Å². The molecule has 17 heavy (non-hydrogen) atoms. The minimum absolute atomic E-state index is 0.0612. The number of benzene rings is 1. The van der Waals surface area contributed by atoms with Crippen LogP contribution in [0.1, 0.15) is 19.4 Å². The zero-order valence-corrected chi connectivity index (χ0v) is 10.6. The van der Waals surface area contributed by atoms with Crippen LogP contribution < -0.4 is 5.32 Å². The molecule has 0 unspecified atom stereocenters. The summed E-state index contributed by atoms with van der Waals surface area (Å²) in [7, 11) is 0. The molecule has 1 fully saturated rings. The first-order chi connectivity index (χ1) is 8.09. The second kappa shape index (κ2) is 4.67. The lowest BCUT2D eigenvalue weighted by Gasteiger charge is -2.17. The second-order valence-corrected chi connectivity index (χ2v) is 4.55. The lowest BCUT2D eigenvalue weighted by molar-refractivity contribution is -0.123. The molecule has 4 heteroatoms. The molecule has 0 aromatic heterocycles. The highest BCUT2D eigenvalue weighted by atomic mass is 32.1. The Morgan fingerprint density at radius 1 is 1.29 bits per heavy atom. The minimum Gasteiger partial charge on any atom is -0.328 e. The first-order valence-electron chi connectivity index (χ1n) is 5.51. The molecule has 0 atom stereocenters. The summed E-state index contributed by atoms with van der Waals surface area (Å²) in [5.41, 5.74) is 1.52. The molecule has 3 nitrogen and oxygen atoms in total. The van der Waals surface area contributed by atoms with E-state index in [1.165, 1.54) is 0 Å². The Balaban J connectivity index is 2.28. The van der Waals surface area contributed by atoms with Crippen molar-refractivity contribution in [2.75, 3.05) is 0 Å². The van der Waals surface area contributed by atoms with Gasteiger partial charge in [0.05, 0.1) is 0 Å². The molecule has 0 bridgehead atoms. The molecule has 1 aliphatic heterocycles. The maximum atomic E-state index is 12.1. The standard InChI is InChI=1S/C13H14N2OS/c1-9(2)15-12(16)11(14-13(15)17)8-10-6-4-3-5-7-10/h3-9H,1-2H3,(H,14,17). The molecule has 1 aromatic carbocycles. The van der Waals surface area contributed by atoms with Gasteiger partial charge >= 0.3 is 0 Å². The van der Waals surface area contributed by atoms with Crippen molar-refractivity contribution in [3.8, 4) is 0 Å². The Morgan fingerprint density at radius 3 is 2.47 bits per heavy atom. The number of nitrogens with zero attached hydrogens (tertiary/aromatic N) is 1. The summed E-state index contributed by atoms with van der Waals surface area (Å²) in [6, 6.07) is 9.78. The molecule has 1 saturated heterocycles. The molecule has 1 N–H and O–H groups in total. The third-order valence-corrected chi connectivity index (χ3v) is 2.84. The van der Waals surface area contributed by atoms with Crippen molar-refractivity contribution in [3.05, 3.63) is 41.6 Å². The Labute approximate surface area is 106 Å². The molecule has 0 spiro atoms. The Bertz CT molecular complexity index is 479. The monoisotopic (exact) mass is 246 g/mol. The van der Waals surface area contributed by atoms with Crippen LogP contribution in [0.4, 0.5) is 0 Å². The van der Waals surface area contributed by atoms with Gasteiger partial charge in [0, 0.05) is 6.04 Å². The smallest absolute Gasteiger partial charge is 0.276 e. The fourth-order valence-electron chi connectivity index (χ4n) is 1.73. The number of carbonyl (C=O) groups is 1.